The molecule has 0 aliphatic rings. The minimum absolute atomic E-state index is 0.0242. The van der Waals surface area contributed by atoms with E-state index in [2.05, 4.69) is 33.9 Å². The maximum absolute atomic E-state index is 13.2. The van der Waals surface area contributed by atoms with Crippen molar-refractivity contribution in [2.75, 3.05) is 12.4 Å². The molecule has 0 saturated carbocycles. The number of nitrogens with one attached hydrogen (secondary N) is 5. The lowest BCUT2D eigenvalue weighted by molar-refractivity contribution is -0.143. The summed E-state index contributed by atoms with van der Waals surface area (Å²) in [5.74, 6) is -9.42. The standard InChI is InChI=1S/C24H40N6O12S/c1-10(2)18(30-20(37)12(25)9-43)23(40)28-14(5-7-17(34)35)22(39)27-13(4-6-16(32)33)21(38)26-11(3)19(36)29-15(8-31)24(41)42/h10-15,18,31,43H,4-9,25H2,1-3H3,(H,26,38)(H,27,39)(H,28,40)(H,29,36)(H,30,37)(H,32,33)(H,34,35)(H,41,42). The molecule has 0 aromatic rings. The highest BCUT2D eigenvalue weighted by Gasteiger charge is 2.33. The molecule has 0 aliphatic carbocycles. The van der Waals surface area contributed by atoms with E-state index < -0.39 is 122 Å². The van der Waals surface area contributed by atoms with Crippen LogP contribution in [0.3, 0.4) is 0 Å². The Morgan fingerprint density at radius 3 is 1.49 bits per heavy atom. The summed E-state index contributed by atoms with van der Waals surface area (Å²) in [5, 5.41) is 47.4. The first kappa shape index (κ1) is 39.0. The fourth-order valence-electron chi connectivity index (χ4n) is 3.35. The first-order chi connectivity index (χ1) is 19.9. The van der Waals surface area contributed by atoms with Crippen LogP contribution in [0.15, 0.2) is 0 Å². The van der Waals surface area contributed by atoms with Crippen LogP contribution in [-0.2, 0) is 38.4 Å². The Labute approximate surface area is 252 Å². The van der Waals surface area contributed by atoms with Gasteiger partial charge in [0.2, 0.25) is 29.5 Å². The highest BCUT2D eigenvalue weighted by molar-refractivity contribution is 7.80. The van der Waals surface area contributed by atoms with Gasteiger partial charge in [-0.2, -0.15) is 12.6 Å². The molecule has 6 atom stereocenters. The van der Waals surface area contributed by atoms with Gasteiger partial charge in [-0.15, -0.1) is 0 Å². The number of nitrogens with two attached hydrogens (primary N) is 1. The Hall–Kier alpha value is -3.97. The Bertz CT molecular complexity index is 1040. The molecule has 0 radical (unpaired) electrons. The molecule has 0 heterocycles. The van der Waals surface area contributed by atoms with Gasteiger partial charge in [-0.25, -0.2) is 4.79 Å². The number of rotatable bonds is 20. The molecule has 0 rings (SSSR count). The second kappa shape index (κ2) is 19.3. The normalized spacial score (nSPS) is 15.0. The number of hydrogen-bond donors (Lipinski definition) is 11. The molecule has 0 bridgehead atoms. The molecule has 0 spiro atoms. The monoisotopic (exact) mass is 636 g/mol. The van der Waals surface area contributed by atoms with Crippen molar-refractivity contribution < 1.29 is 58.8 Å². The maximum atomic E-state index is 13.2. The molecule has 43 heavy (non-hydrogen) atoms. The van der Waals surface area contributed by atoms with E-state index in [0.717, 1.165) is 6.92 Å². The molecular weight excluding hydrogens is 596 g/mol. The van der Waals surface area contributed by atoms with Gasteiger partial charge in [0, 0.05) is 18.6 Å². The summed E-state index contributed by atoms with van der Waals surface area (Å²) < 4.78 is 0. The summed E-state index contributed by atoms with van der Waals surface area (Å²) >= 11 is 3.93. The molecule has 0 aromatic heterocycles. The number of carboxylic acid groups (broad SMARTS) is 3. The van der Waals surface area contributed by atoms with E-state index in [-0.39, 0.29) is 5.75 Å². The van der Waals surface area contributed by atoms with Crippen molar-refractivity contribution in [1.29, 1.82) is 0 Å². The third-order valence-corrected chi connectivity index (χ3v) is 6.28. The zero-order valence-electron chi connectivity index (χ0n) is 23.9. The largest absolute Gasteiger partial charge is 0.481 e. The zero-order valence-corrected chi connectivity index (χ0v) is 24.8. The van der Waals surface area contributed by atoms with Crippen LogP contribution in [0.2, 0.25) is 0 Å². The number of hydrogen-bond acceptors (Lipinski definition) is 11. The summed E-state index contributed by atoms with van der Waals surface area (Å²) in [6.07, 6.45) is -2.16. The van der Waals surface area contributed by atoms with E-state index in [0.29, 0.717) is 0 Å². The molecule has 0 aromatic carbocycles. The topological polar surface area (TPSA) is 304 Å². The lowest BCUT2D eigenvalue weighted by atomic mass is 10.0. The van der Waals surface area contributed by atoms with Crippen LogP contribution >= 0.6 is 12.6 Å². The van der Waals surface area contributed by atoms with Crippen molar-refractivity contribution in [2.24, 2.45) is 11.7 Å². The average molecular weight is 637 g/mol. The summed E-state index contributed by atoms with van der Waals surface area (Å²) in [7, 11) is 0. The highest BCUT2D eigenvalue weighted by Crippen LogP contribution is 2.07. The lowest BCUT2D eigenvalue weighted by Gasteiger charge is -2.27. The lowest BCUT2D eigenvalue weighted by Crippen LogP contribution is -2.60. The number of carbonyl (C=O) groups is 8. The molecule has 244 valence electrons. The Morgan fingerprint density at radius 2 is 1.09 bits per heavy atom. The van der Waals surface area contributed by atoms with Gasteiger partial charge >= 0.3 is 17.9 Å². The Kier molecular flexibility index (Phi) is 17.5. The van der Waals surface area contributed by atoms with Crippen LogP contribution in [0.5, 0.6) is 0 Å². The highest BCUT2D eigenvalue weighted by atomic mass is 32.1. The number of aliphatic hydroxyl groups is 1. The molecular formula is C24H40N6O12S. The van der Waals surface area contributed by atoms with Gasteiger partial charge in [-0.05, 0) is 25.7 Å². The van der Waals surface area contributed by atoms with Gasteiger partial charge in [0.05, 0.1) is 12.6 Å². The number of carboxylic acids is 3. The summed E-state index contributed by atoms with van der Waals surface area (Å²) in [5.41, 5.74) is 5.63. The van der Waals surface area contributed by atoms with Crippen molar-refractivity contribution in [1.82, 2.24) is 26.6 Å². The van der Waals surface area contributed by atoms with Crippen LogP contribution < -0.4 is 32.3 Å². The number of carbonyl (C=O) groups excluding carboxylic acids is 5. The Balaban J connectivity index is 5.89. The summed E-state index contributed by atoms with van der Waals surface area (Å²) in [6, 6.07) is -8.45. The summed E-state index contributed by atoms with van der Waals surface area (Å²) in [6.45, 7) is 3.40. The number of aliphatic carboxylic acids is 3. The smallest absolute Gasteiger partial charge is 0.328 e. The number of thiol groups is 1. The molecule has 0 aliphatic heterocycles. The quantitative estimate of drug-likeness (QED) is 0.0571. The third kappa shape index (κ3) is 14.7. The van der Waals surface area contributed by atoms with E-state index >= 15 is 0 Å². The van der Waals surface area contributed by atoms with E-state index in [1.807, 2.05) is 5.32 Å². The van der Waals surface area contributed by atoms with E-state index in [4.69, 9.17) is 26.2 Å². The second-order valence-corrected chi connectivity index (χ2v) is 10.2. The van der Waals surface area contributed by atoms with Gasteiger partial charge in [0.1, 0.15) is 30.2 Å². The molecule has 18 nitrogen and oxygen atoms in total. The Morgan fingerprint density at radius 1 is 0.651 bits per heavy atom. The predicted molar refractivity (Wildman–Crippen MR) is 150 cm³/mol. The van der Waals surface area contributed by atoms with Gasteiger partial charge in [0.25, 0.3) is 0 Å². The van der Waals surface area contributed by atoms with Crippen molar-refractivity contribution >= 4 is 60.1 Å². The van der Waals surface area contributed by atoms with Crippen molar-refractivity contribution in [3.05, 3.63) is 0 Å². The zero-order chi connectivity index (χ0) is 33.4. The first-order valence-corrected chi connectivity index (χ1v) is 13.7. The van der Waals surface area contributed by atoms with Crippen LogP contribution in [-0.4, -0.2) is 116 Å². The fourth-order valence-corrected chi connectivity index (χ4v) is 3.51. The first-order valence-electron chi connectivity index (χ1n) is 13.1. The molecule has 0 saturated heterocycles. The van der Waals surface area contributed by atoms with Crippen LogP contribution in [0.25, 0.3) is 0 Å². The minimum atomic E-state index is -1.67. The van der Waals surface area contributed by atoms with Gasteiger partial charge in [-0.1, -0.05) is 13.8 Å². The van der Waals surface area contributed by atoms with Crippen molar-refractivity contribution in [3.63, 3.8) is 0 Å². The molecule has 11 N–H and O–H groups in total. The molecule has 0 fully saturated rings. The predicted octanol–water partition coefficient (Wildman–Crippen LogP) is -3.85. The minimum Gasteiger partial charge on any atom is -0.481 e. The summed E-state index contributed by atoms with van der Waals surface area (Å²) in [4.78, 5) is 97.0. The van der Waals surface area contributed by atoms with Crippen molar-refractivity contribution in [3.8, 4) is 0 Å². The van der Waals surface area contributed by atoms with E-state index in [9.17, 15) is 38.4 Å². The van der Waals surface area contributed by atoms with E-state index in [1.54, 1.807) is 13.8 Å². The molecule has 5 amide bonds. The van der Waals surface area contributed by atoms with Crippen molar-refractivity contribution in [2.45, 2.75) is 82.7 Å². The molecule has 6 unspecified atom stereocenters. The number of amides is 5. The van der Waals surface area contributed by atoms with Crippen LogP contribution in [0.4, 0.5) is 0 Å². The van der Waals surface area contributed by atoms with Gasteiger partial charge in [0.15, 0.2) is 0 Å². The average Bonchev–Trinajstić information content (AvgIpc) is 2.92. The van der Waals surface area contributed by atoms with Gasteiger partial charge in [-0.3, -0.25) is 33.6 Å². The second-order valence-electron chi connectivity index (χ2n) is 9.82. The van der Waals surface area contributed by atoms with Crippen LogP contribution in [0.1, 0.15) is 46.5 Å². The maximum Gasteiger partial charge on any atom is 0.328 e. The SMILES string of the molecule is CC(NC(=O)C(CCC(=O)O)NC(=O)C(CCC(=O)O)NC(=O)C(NC(=O)C(N)CS)C(C)C)C(=O)NC(CO)C(=O)O. The van der Waals surface area contributed by atoms with E-state index in [1.165, 1.54) is 0 Å². The number of aliphatic hydroxyl groups excluding tert-OH is 1. The third-order valence-electron chi connectivity index (χ3n) is 5.89. The van der Waals surface area contributed by atoms with Crippen LogP contribution in [0, 0.1) is 5.92 Å². The van der Waals surface area contributed by atoms with Gasteiger partial charge < -0.3 is 52.7 Å². The molecule has 19 heteroatoms. The fraction of sp³-hybridized carbons (Fsp3) is 0.667.